The smallest absolute Gasteiger partial charge is 0.337 e. The van der Waals surface area contributed by atoms with Crippen LogP contribution >= 0.6 is 0 Å². The Kier molecular flexibility index (Phi) is 4.12. The van der Waals surface area contributed by atoms with Gasteiger partial charge in [-0.2, -0.15) is 4.72 Å². The summed E-state index contributed by atoms with van der Waals surface area (Å²) < 4.78 is 25.9. The second-order valence-electron chi connectivity index (χ2n) is 3.81. The van der Waals surface area contributed by atoms with Crippen LogP contribution < -0.4 is 16.2 Å². The van der Waals surface area contributed by atoms with E-state index in [1.165, 1.54) is 13.0 Å². The minimum atomic E-state index is -4.21. The van der Waals surface area contributed by atoms with Crippen LogP contribution in [-0.4, -0.2) is 31.4 Å². The van der Waals surface area contributed by atoms with E-state index in [2.05, 4.69) is 0 Å². The van der Waals surface area contributed by atoms with Gasteiger partial charge in [0, 0.05) is 5.69 Å². The van der Waals surface area contributed by atoms with E-state index < -0.39 is 38.4 Å². The molecule has 1 atom stereocenters. The number of primary amides is 1. The summed E-state index contributed by atoms with van der Waals surface area (Å²) in [6, 6.07) is 2.16. The topological polar surface area (TPSA) is 153 Å². The minimum absolute atomic E-state index is 0.0807. The molecule has 0 aromatic heterocycles. The number of sulfonamides is 1. The number of benzene rings is 1. The van der Waals surface area contributed by atoms with Gasteiger partial charge in [0.25, 0.3) is 0 Å². The van der Waals surface area contributed by atoms with Gasteiger partial charge in [0.1, 0.15) is 0 Å². The molecule has 0 aliphatic carbocycles. The van der Waals surface area contributed by atoms with Crippen LogP contribution in [-0.2, 0) is 14.8 Å². The first-order chi connectivity index (χ1) is 8.65. The highest BCUT2D eigenvalue weighted by atomic mass is 32.2. The number of nitrogens with one attached hydrogen (secondary N) is 1. The van der Waals surface area contributed by atoms with Crippen molar-refractivity contribution in [2.45, 2.75) is 17.9 Å². The third-order valence-corrected chi connectivity index (χ3v) is 3.86. The zero-order chi connectivity index (χ0) is 14.8. The van der Waals surface area contributed by atoms with Gasteiger partial charge < -0.3 is 16.6 Å². The maximum atomic E-state index is 12.0. The third kappa shape index (κ3) is 3.42. The summed E-state index contributed by atoms with van der Waals surface area (Å²) in [4.78, 5) is 21.3. The predicted molar refractivity (Wildman–Crippen MR) is 66.8 cm³/mol. The Bertz CT molecular complexity index is 626. The van der Waals surface area contributed by atoms with Gasteiger partial charge in [-0.1, -0.05) is 0 Å². The number of carboxylic acids is 1. The Balaban J connectivity index is 3.31. The highest BCUT2D eigenvalue weighted by molar-refractivity contribution is 7.89. The Morgan fingerprint density at radius 1 is 1.37 bits per heavy atom. The van der Waals surface area contributed by atoms with Gasteiger partial charge in [0.05, 0.1) is 16.5 Å². The Morgan fingerprint density at radius 2 is 1.95 bits per heavy atom. The zero-order valence-electron chi connectivity index (χ0n) is 9.95. The van der Waals surface area contributed by atoms with E-state index in [4.69, 9.17) is 16.6 Å². The third-order valence-electron chi connectivity index (χ3n) is 2.28. The molecular weight excluding hydrogens is 274 g/mol. The molecule has 0 fully saturated rings. The van der Waals surface area contributed by atoms with Crippen molar-refractivity contribution in [2.24, 2.45) is 5.73 Å². The first-order valence-corrected chi connectivity index (χ1v) is 6.58. The molecule has 1 unspecified atom stereocenters. The lowest BCUT2D eigenvalue weighted by Gasteiger charge is -2.13. The highest BCUT2D eigenvalue weighted by Gasteiger charge is 2.25. The van der Waals surface area contributed by atoms with Crippen LogP contribution in [0.5, 0.6) is 0 Å². The van der Waals surface area contributed by atoms with Crippen LogP contribution in [0, 0.1) is 0 Å². The Hall–Kier alpha value is -2.13. The number of anilines is 1. The molecule has 0 spiro atoms. The van der Waals surface area contributed by atoms with Gasteiger partial charge >= 0.3 is 5.97 Å². The molecule has 0 aliphatic rings. The summed E-state index contributed by atoms with van der Waals surface area (Å²) >= 11 is 0. The Labute approximate surface area is 109 Å². The average molecular weight is 287 g/mol. The fourth-order valence-corrected chi connectivity index (χ4v) is 2.74. The summed E-state index contributed by atoms with van der Waals surface area (Å²) in [5.41, 5.74) is 10.0. The molecule has 8 nitrogen and oxygen atoms in total. The van der Waals surface area contributed by atoms with Crippen molar-refractivity contribution >= 4 is 27.6 Å². The minimum Gasteiger partial charge on any atom is -0.478 e. The quantitative estimate of drug-likeness (QED) is 0.516. The standard InChI is InChI=1S/C10H13N3O5S/c1-5(9(12)14)13-19(17,18)8-4-6(11)2-3-7(8)10(15)16/h2-5,13H,11H2,1H3,(H2,12,14)(H,15,16). The number of rotatable bonds is 5. The predicted octanol–water partition coefficient (Wildman–Crippen LogP) is -0.881. The molecule has 0 radical (unpaired) electrons. The van der Waals surface area contributed by atoms with Crippen LogP contribution in [0.2, 0.25) is 0 Å². The zero-order valence-corrected chi connectivity index (χ0v) is 10.8. The van der Waals surface area contributed by atoms with Gasteiger partial charge in [-0.15, -0.1) is 0 Å². The monoisotopic (exact) mass is 287 g/mol. The summed E-state index contributed by atoms with van der Waals surface area (Å²) in [6.07, 6.45) is 0. The summed E-state index contributed by atoms with van der Waals surface area (Å²) in [7, 11) is -4.21. The van der Waals surface area contributed by atoms with Crippen molar-refractivity contribution in [3.05, 3.63) is 23.8 Å². The van der Waals surface area contributed by atoms with Crippen LogP contribution in [0.15, 0.2) is 23.1 Å². The molecular formula is C10H13N3O5S. The highest BCUT2D eigenvalue weighted by Crippen LogP contribution is 2.19. The lowest BCUT2D eigenvalue weighted by atomic mass is 10.2. The lowest BCUT2D eigenvalue weighted by Crippen LogP contribution is -2.42. The summed E-state index contributed by atoms with van der Waals surface area (Å²) in [5.74, 6) is -2.31. The van der Waals surface area contributed by atoms with Crippen molar-refractivity contribution in [1.82, 2.24) is 4.72 Å². The first kappa shape index (κ1) is 14.9. The molecule has 1 aromatic rings. The number of amides is 1. The fourth-order valence-electron chi connectivity index (χ4n) is 1.29. The molecule has 0 bridgehead atoms. The largest absolute Gasteiger partial charge is 0.478 e. The number of carbonyl (C=O) groups is 2. The van der Waals surface area contributed by atoms with E-state index in [-0.39, 0.29) is 5.69 Å². The lowest BCUT2D eigenvalue weighted by molar-refractivity contribution is -0.119. The van der Waals surface area contributed by atoms with Gasteiger partial charge in [-0.25, -0.2) is 13.2 Å². The molecule has 0 saturated heterocycles. The average Bonchev–Trinajstić information content (AvgIpc) is 2.27. The van der Waals surface area contributed by atoms with Crippen molar-refractivity contribution in [1.29, 1.82) is 0 Å². The molecule has 0 aliphatic heterocycles. The number of hydrogen-bond donors (Lipinski definition) is 4. The van der Waals surface area contributed by atoms with Gasteiger partial charge in [0.2, 0.25) is 15.9 Å². The summed E-state index contributed by atoms with van der Waals surface area (Å²) in [5, 5.41) is 8.94. The van der Waals surface area contributed by atoms with E-state index in [0.29, 0.717) is 0 Å². The second kappa shape index (κ2) is 5.24. The number of nitrogen functional groups attached to an aromatic ring is 1. The number of hydrogen-bond acceptors (Lipinski definition) is 5. The van der Waals surface area contributed by atoms with Crippen molar-refractivity contribution < 1.29 is 23.1 Å². The van der Waals surface area contributed by atoms with E-state index in [9.17, 15) is 18.0 Å². The Morgan fingerprint density at radius 3 is 2.42 bits per heavy atom. The number of carboxylic acid groups (broad SMARTS) is 1. The van der Waals surface area contributed by atoms with Crippen molar-refractivity contribution in [3.63, 3.8) is 0 Å². The fraction of sp³-hybridized carbons (Fsp3) is 0.200. The van der Waals surface area contributed by atoms with E-state index in [0.717, 1.165) is 12.1 Å². The molecule has 104 valence electrons. The number of nitrogens with two attached hydrogens (primary N) is 2. The maximum absolute atomic E-state index is 12.0. The van der Waals surface area contributed by atoms with Gasteiger partial charge in [0.15, 0.2) is 0 Å². The van der Waals surface area contributed by atoms with Gasteiger partial charge in [-0.05, 0) is 25.1 Å². The molecule has 1 rings (SSSR count). The molecule has 1 aromatic carbocycles. The number of carbonyl (C=O) groups excluding carboxylic acids is 1. The van der Waals surface area contributed by atoms with E-state index in [1.54, 1.807) is 0 Å². The first-order valence-electron chi connectivity index (χ1n) is 5.09. The second-order valence-corrected chi connectivity index (χ2v) is 5.49. The van der Waals surface area contributed by atoms with E-state index in [1.807, 2.05) is 4.72 Å². The van der Waals surface area contributed by atoms with Crippen LogP contribution in [0.25, 0.3) is 0 Å². The van der Waals surface area contributed by atoms with Crippen LogP contribution in [0.4, 0.5) is 5.69 Å². The summed E-state index contributed by atoms with van der Waals surface area (Å²) in [6.45, 7) is 1.24. The van der Waals surface area contributed by atoms with Crippen molar-refractivity contribution in [2.75, 3.05) is 5.73 Å². The molecule has 6 N–H and O–H groups in total. The molecule has 1 amide bonds. The van der Waals surface area contributed by atoms with Crippen LogP contribution in [0.1, 0.15) is 17.3 Å². The van der Waals surface area contributed by atoms with Crippen molar-refractivity contribution in [3.8, 4) is 0 Å². The van der Waals surface area contributed by atoms with Gasteiger partial charge in [-0.3, -0.25) is 4.79 Å². The molecule has 19 heavy (non-hydrogen) atoms. The van der Waals surface area contributed by atoms with Crippen LogP contribution in [0.3, 0.4) is 0 Å². The maximum Gasteiger partial charge on any atom is 0.337 e. The van der Waals surface area contributed by atoms with E-state index >= 15 is 0 Å². The SMILES string of the molecule is CC(NS(=O)(=O)c1cc(N)ccc1C(=O)O)C(N)=O. The normalized spacial score (nSPS) is 12.9. The molecule has 0 heterocycles. The molecule has 9 heteroatoms. The number of aromatic carboxylic acids is 1. The molecule has 0 saturated carbocycles.